The number of hydrogen-bond acceptors (Lipinski definition) is 3. The van der Waals surface area contributed by atoms with E-state index in [4.69, 9.17) is 5.73 Å². The summed E-state index contributed by atoms with van der Waals surface area (Å²) >= 11 is 0. The molecule has 1 aromatic carbocycles. The van der Waals surface area contributed by atoms with E-state index in [2.05, 4.69) is 4.98 Å². The van der Waals surface area contributed by atoms with E-state index < -0.39 is 6.04 Å². The van der Waals surface area contributed by atoms with E-state index in [1.165, 1.54) is 0 Å². The van der Waals surface area contributed by atoms with Gasteiger partial charge in [-0.2, -0.15) is 0 Å². The van der Waals surface area contributed by atoms with Crippen LogP contribution in [-0.4, -0.2) is 28.9 Å². The predicted molar refractivity (Wildman–Crippen MR) is 83.6 cm³/mol. The Hall–Kier alpha value is -2.20. The Bertz CT molecular complexity index is 598. The summed E-state index contributed by atoms with van der Waals surface area (Å²) in [5, 5.41) is 0. The van der Waals surface area contributed by atoms with Crippen molar-refractivity contribution in [1.82, 2.24) is 9.88 Å². The average molecular weight is 283 g/mol. The lowest BCUT2D eigenvalue weighted by Gasteiger charge is -2.21. The number of nitrogens with two attached hydrogens (primary N) is 1. The van der Waals surface area contributed by atoms with Crippen LogP contribution in [0, 0.1) is 6.92 Å². The number of benzene rings is 1. The van der Waals surface area contributed by atoms with Crippen molar-refractivity contribution in [2.45, 2.75) is 25.9 Å². The first kappa shape index (κ1) is 15.2. The van der Waals surface area contributed by atoms with Crippen molar-refractivity contribution in [3.63, 3.8) is 0 Å². The quantitative estimate of drug-likeness (QED) is 0.912. The first-order valence-electron chi connectivity index (χ1n) is 7.03. The van der Waals surface area contributed by atoms with Crippen LogP contribution in [0.15, 0.2) is 48.5 Å². The van der Waals surface area contributed by atoms with Crippen molar-refractivity contribution in [2.75, 3.05) is 7.05 Å². The minimum absolute atomic E-state index is 0.0674. The molecule has 2 N–H and O–H groups in total. The molecule has 4 nitrogen and oxygen atoms in total. The molecule has 1 aromatic heterocycles. The molecule has 0 aliphatic carbocycles. The minimum Gasteiger partial charge on any atom is -0.338 e. The zero-order chi connectivity index (χ0) is 15.2. The lowest BCUT2D eigenvalue weighted by Crippen LogP contribution is -2.42. The van der Waals surface area contributed by atoms with Crippen LogP contribution in [0.3, 0.4) is 0 Å². The number of carbonyl (C=O) groups is 1. The number of carbonyl (C=O) groups excluding carboxylic acids is 1. The number of aromatic nitrogens is 1. The summed E-state index contributed by atoms with van der Waals surface area (Å²) in [6.07, 6.45) is 0.547. The Labute approximate surface area is 125 Å². The summed E-state index contributed by atoms with van der Waals surface area (Å²) < 4.78 is 0. The molecule has 21 heavy (non-hydrogen) atoms. The van der Waals surface area contributed by atoms with E-state index in [0.29, 0.717) is 13.0 Å². The molecule has 1 heterocycles. The van der Waals surface area contributed by atoms with Gasteiger partial charge in [0.15, 0.2) is 0 Å². The van der Waals surface area contributed by atoms with E-state index in [0.717, 1.165) is 17.0 Å². The molecule has 0 aliphatic rings. The summed E-state index contributed by atoms with van der Waals surface area (Å²) in [6, 6.07) is 15.1. The van der Waals surface area contributed by atoms with Crippen molar-refractivity contribution in [3.8, 4) is 0 Å². The number of aryl methyl sites for hydroxylation is 1. The van der Waals surface area contributed by atoms with Crippen molar-refractivity contribution in [1.29, 1.82) is 0 Å². The number of likely N-dealkylation sites (N-methyl/N-ethyl adjacent to an activating group) is 1. The van der Waals surface area contributed by atoms with Crippen LogP contribution in [-0.2, 0) is 17.8 Å². The molecule has 0 bridgehead atoms. The van der Waals surface area contributed by atoms with Gasteiger partial charge >= 0.3 is 0 Å². The Kier molecular flexibility index (Phi) is 5.06. The molecule has 0 unspecified atom stereocenters. The van der Waals surface area contributed by atoms with Crippen molar-refractivity contribution in [2.24, 2.45) is 5.73 Å². The van der Waals surface area contributed by atoms with E-state index in [-0.39, 0.29) is 5.91 Å². The number of nitrogens with zero attached hydrogens (tertiary/aromatic N) is 2. The van der Waals surface area contributed by atoms with E-state index in [1.807, 2.05) is 55.5 Å². The second-order valence-electron chi connectivity index (χ2n) is 5.26. The summed E-state index contributed by atoms with van der Waals surface area (Å²) in [7, 11) is 1.76. The molecule has 4 heteroatoms. The van der Waals surface area contributed by atoms with E-state index in [9.17, 15) is 4.79 Å². The van der Waals surface area contributed by atoms with Crippen molar-refractivity contribution >= 4 is 5.91 Å². The molecule has 0 saturated carbocycles. The van der Waals surface area contributed by atoms with Crippen LogP contribution in [0.5, 0.6) is 0 Å². The van der Waals surface area contributed by atoms with Gasteiger partial charge in [-0.25, -0.2) is 0 Å². The van der Waals surface area contributed by atoms with Crippen LogP contribution < -0.4 is 5.73 Å². The van der Waals surface area contributed by atoms with Crippen LogP contribution in [0.2, 0.25) is 0 Å². The molecule has 0 spiro atoms. The van der Waals surface area contributed by atoms with Gasteiger partial charge < -0.3 is 10.6 Å². The second-order valence-corrected chi connectivity index (χ2v) is 5.26. The molecule has 1 amide bonds. The second kappa shape index (κ2) is 6.99. The predicted octanol–water partition coefficient (Wildman–Crippen LogP) is 1.92. The van der Waals surface area contributed by atoms with Crippen LogP contribution >= 0.6 is 0 Å². The molecule has 0 saturated heterocycles. The van der Waals surface area contributed by atoms with Crippen LogP contribution in [0.4, 0.5) is 0 Å². The molecule has 0 aliphatic heterocycles. The monoisotopic (exact) mass is 283 g/mol. The van der Waals surface area contributed by atoms with Crippen molar-refractivity contribution in [3.05, 3.63) is 65.5 Å². The SMILES string of the molecule is Cc1cccc(CN(C)C(=O)[C@H](N)Cc2ccccc2)n1. The highest BCUT2D eigenvalue weighted by atomic mass is 16.2. The lowest BCUT2D eigenvalue weighted by atomic mass is 10.1. The Morgan fingerprint density at radius 1 is 1.19 bits per heavy atom. The van der Waals surface area contributed by atoms with Gasteiger partial charge in [0, 0.05) is 12.7 Å². The number of rotatable bonds is 5. The first-order chi connectivity index (χ1) is 10.1. The average Bonchev–Trinajstić information content (AvgIpc) is 2.47. The van der Waals surface area contributed by atoms with E-state index >= 15 is 0 Å². The lowest BCUT2D eigenvalue weighted by molar-refractivity contribution is -0.131. The molecular formula is C17H21N3O. The largest absolute Gasteiger partial charge is 0.338 e. The Balaban J connectivity index is 1.95. The zero-order valence-corrected chi connectivity index (χ0v) is 12.5. The van der Waals surface area contributed by atoms with Gasteiger partial charge in [0.2, 0.25) is 5.91 Å². The van der Waals surface area contributed by atoms with Gasteiger partial charge in [-0.05, 0) is 31.0 Å². The highest BCUT2D eigenvalue weighted by molar-refractivity contribution is 5.81. The smallest absolute Gasteiger partial charge is 0.239 e. The fraction of sp³-hybridized carbons (Fsp3) is 0.294. The fourth-order valence-electron chi connectivity index (χ4n) is 2.25. The maximum Gasteiger partial charge on any atom is 0.239 e. The fourth-order valence-corrected chi connectivity index (χ4v) is 2.25. The third-order valence-corrected chi connectivity index (χ3v) is 3.34. The molecule has 1 atom stereocenters. The highest BCUT2D eigenvalue weighted by Gasteiger charge is 2.18. The maximum absolute atomic E-state index is 12.3. The van der Waals surface area contributed by atoms with Gasteiger partial charge in [0.1, 0.15) is 0 Å². The molecule has 110 valence electrons. The Morgan fingerprint density at radius 2 is 1.90 bits per heavy atom. The topological polar surface area (TPSA) is 59.2 Å². The van der Waals surface area contributed by atoms with Gasteiger partial charge in [0.05, 0.1) is 18.3 Å². The third-order valence-electron chi connectivity index (χ3n) is 3.34. The zero-order valence-electron chi connectivity index (χ0n) is 12.5. The van der Waals surface area contributed by atoms with Gasteiger partial charge in [-0.15, -0.1) is 0 Å². The van der Waals surface area contributed by atoms with Crippen LogP contribution in [0.25, 0.3) is 0 Å². The molecular weight excluding hydrogens is 262 g/mol. The Morgan fingerprint density at radius 3 is 2.57 bits per heavy atom. The molecule has 2 aromatic rings. The number of pyridine rings is 1. The highest BCUT2D eigenvalue weighted by Crippen LogP contribution is 2.06. The third kappa shape index (κ3) is 4.39. The van der Waals surface area contributed by atoms with Gasteiger partial charge in [-0.3, -0.25) is 9.78 Å². The number of amides is 1. The van der Waals surface area contributed by atoms with Gasteiger partial charge in [0.25, 0.3) is 0 Å². The molecule has 0 radical (unpaired) electrons. The minimum atomic E-state index is -0.526. The normalized spacial score (nSPS) is 12.0. The summed E-state index contributed by atoms with van der Waals surface area (Å²) in [4.78, 5) is 18.3. The molecule has 2 rings (SSSR count). The summed E-state index contributed by atoms with van der Waals surface area (Å²) in [6.45, 7) is 2.41. The molecule has 0 fully saturated rings. The standard InChI is InChI=1S/C17H21N3O/c1-13-7-6-10-15(19-13)12-20(2)17(21)16(18)11-14-8-4-3-5-9-14/h3-10,16H,11-12,18H2,1-2H3/t16-/m1/s1. The number of hydrogen-bond donors (Lipinski definition) is 1. The summed E-state index contributed by atoms with van der Waals surface area (Å²) in [5.74, 6) is -0.0674. The van der Waals surface area contributed by atoms with Gasteiger partial charge in [-0.1, -0.05) is 36.4 Å². The van der Waals surface area contributed by atoms with Crippen molar-refractivity contribution < 1.29 is 4.79 Å². The van der Waals surface area contributed by atoms with Crippen LogP contribution in [0.1, 0.15) is 17.0 Å². The summed E-state index contributed by atoms with van der Waals surface area (Å²) in [5.41, 5.74) is 8.91. The first-order valence-corrected chi connectivity index (χ1v) is 7.03. The maximum atomic E-state index is 12.3. The van der Waals surface area contributed by atoms with E-state index in [1.54, 1.807) is 11.9 Å².